The van der Waals surface area contributed by atoms with Crippen molar-refractivity contribution in [2.75, 3.05) is 6.54 Å². The smallest absolute Gasteiger partial charge is 0.267 e. The number of para-hydroxylation sites is 1. The van der Waals surface area contributed by atoms with Crippen molar-refractivity contribution >= 4 is 45.7 Å². The molecule has 2 N–H and O–H groups in total. The Bertz CT molecular complexity index is 1390. The molecule has 0 aliphatic heterocycles. The molecule has 0 atom stereocenters. The van der Waals surface area contributed by atoms with Gasteiger partial charge in [0.05, 0.1) is 0 Å². The lowest BCUT2D eigenvalue weighted by Gasteiger charge is -2.12. The van der Waals surface area contributed by atoms with Gasteiger partial charge in [0.15, 0.2) is 0 Å². The summed E-state index contributed by atoms with van der Waals surface area (Å²) < 4.78 is 2.10. The standard InChI is InChI=1S/C26H23N3O4/c1-29-22-10-6-5-9-19(22)20-15-17(11-12-23(20)29)16-21(26(33)27-14-13-24(30)31)28-25(32)18-7-3-2-4-8-18/h2-12,15-16H,13-14H2,1H3,(H,27,33)(H,28,32)(H,30,31)/p-1/b21-16+. The van der Waals surface area contributed by atoms with Crippen molar-refractivity contribution in [2.45, 2.75) is 6.42 Å². The third-order valence-corrected chi connectivity index (χ3v) is 5.39. The summed E-state index contributed by atoms with van der Waals surface area (Å²) in [6.07, 6.45) is 1.25. The van der Waals surface area contributed by atoms with Gasteiger partial charge in [-0.05, 0) is 42.0 Å². The van der Waals surface area contributed by atoms with Gasteiger partial charge in [-0.25, -0.2) is 0 Å². The lowest BCUT2D eigenvalue weighted by molar-refractivity contribution is -0.305. The summed E-state index contributed by atoms with van der Waals surface area (Å²) in [5.41, 5.74) is 3.27. The van der Waals surface area contributed by atoms with Crippen LogP contribution in [0, 0.1) is 0 Å². The number of carboxylic acids is 1. The van der Waals surface area contributed by atoms with E-state index in [-0.39, 0.29) is 18.7 Å². The summed E-state index contributed by atoms with van der Waals surface area (Å²) >= 11 is 0. The average molecular weight is 440 g/mol. The first-order valence-electron chi connectivity index (χ1n) is 10.5. The molecule has 1 heterocycles. The normalized spacial score (nSPS) is 11.5. The number of nitrogens with zero attached hydrogens (tertiary/aromatic N) is 1. The second-order valence-corrected chi connectivity index (χ2v) is 7.61. The van der Waals surface area contributed by atoms with Gasteiger partial charge in [-0.15, -0.1) is 0 Å². The van der Waals surface area contributed by atoms with E-state index in [9.17, 15) is 19.5 Å². The Morgan fingerprint density at radius 3 is 2.36 bits per heavy atom. The molecule has 7 heteroatoms. The topological polar surface area (TPSA) is 103 Å². The number of aliphatic carboxylic acids is 1. The van der Waals surface area contributed by atoms with Gasteiger partial charge in [-0.2, -0.15) is 0 Å². The van der Waals surface area contributed by atoms with Crippen LogP contribution >= 0.6 is 0 Å². The van der Waals surface area contributed by atoms with Crippen LogP contribution in [0.3, 0.4) is 0 Å². The number of carbonyl (C=O) groups excluding carboxylic acids is 3. The van der Waals surface area contributed by atoms with Crippen molar-refractivity contribution in [3.05, 3.63) is 89.6 Å². The number of benzene rings is 3. The van der Waals surface area contributed by atoms with Gasteiger partial charge in [-0.3, -0.25) is 9.59 Å². The van der Waals surface area contributed by atoms with Crippen molar-refractivity contribution < 1.29 is 19.5 Å². The Morgan fingerprint density at radius 1 is 0.909 bits per heavy atom. The van der Waals surface area contributed by atoms with E-state index in [1.54, 1.807) is 36.4 Å². The van der Waals surface area contributed by atoms with E-state index in [1.165, 1.54) is 0 Å². The summed E-state index contributed by atoms with van der Waals surface area (Å²) in [5.74, 6) is -2.29. The van der Waals surface area contributed by atoms with Gasteiger partial charge in [0.1, 0.15) is 5.70 Å². The fourth-order valence-corrected chi connectivity index (χ4v) is 3.76. The summed E-state index contributed by atoms with van der Waals surface area (Å²) in [6.45, 7) is -0.109. The zero-order chi connectivity index (χ0) is 23.4. The number of aromatic nitrogens is 1. The van der Waals surface area contributed by atoms with E-state index in [0.29, 0.717) is 5.56 Å². The molecular weight excluding hydrogens is 418 g/mol. The Labute approximate surface area is 190 Å². The molecule has 0 fully saturated rings. The Morgan fingerprint density at radius 2 is 1.61 bits per heavy atom. The molecule has 0 bridgehead atoms. The van der Waals surface area contributed by atoms with Gasteiger partial charge in [0.2, 0.25) is 0 Å². The third-order valence-electron chi connectivity index (χ3n) is 5.39. The van der Waals surface area contributed by atoms with Crippen molar-refractivity contribution in [1.29, 1.82) is 0 Å². The second kappa shape index (κ2) is 9.40. The van der Waals surface area contributed by atoms with Crippen molar-refractivity contribution in [1.82, 2.24) is 15.2 Å². The largest absolute Gasteiger partial charge is 0.550 e. The van der Waals surface area contributed by atoms with Crippen LogP contribution in [0.15, 0.2) is 78.5 Å². The van der Waals surface area contributed by atoms with Gasteiger partial charge in [0, 0.05) is 53.4 Å². The molecule has 0 saturated heterocycles. The Balaban J connectivity index is 1.70. The summed E-state index contributed by atoms with van der Waals surface area (Å²) in [7, 11) is 2.00. The third kappa shape index (κ3) is 4.77. The fourth-order valence-electron chi connectivity index (χ4n) is 3.76. The van der Waals surface area contributed by atoms with E-state index in [4.69, 9.17) is 0 Å². The predicted molar refractivity (Wildman–Crippen MR) is 125 cm³/mol. The molecule has 0 spiro atoms. The van der Waals surface area contributed by atoms with Crippen LogP contribution in [0.5, 0.6) is 0 Å². The average Bonchev–Trinajstić information content (AvgIpc) is 3.10. The van der Waals surface area contributed by atoms with Gasteiger partial charge in [0.25, 0.3) is 11.8 Å². The number of rotatable bonds is 7. The van der Waals surface area contributed by atoms with Gasteiger partial charge in [-0.1, -0.05) is 42.5 Å². The minimum atomic E-state index is -1.27. The van der Waals surface area contributed by atoms with Crippen molar-refractivity contribution in [2.24, 2.45) is 7.05 Å². The van der Waals surface area contributed by atoms with Crippen LogP contribution in [0.1, 0.15) is 22.3 Å². The minimum Gasteiger partial charge on any atom is -0.550 e. The number of carboxylic acid groups (broad SMARTS) is 1. The molecule has 3 aromatic carbocycles. The molecule has 1 aromatic heterocycles. The number of hydrogen-bond donors (Lipinski definition) is 2. The molecule has 33 heavy (non-hydrogen) atoms. The second-order valence-electron chi connectivity index (χ2n) is 7.61. The SMILES string of the molecule is Cn1c2ccccc2c2cc(/C=C(/NC(=O)c3ccccc3)C(=O)NCCC(=O)[O-])ccc21. The molecule has 0 unspecified atom stereocenters. The number of nitrogens with one attached hydrogen (secondary N) is 2. The molecule has 0 aliphatic rings. The minimum absolute atomic E-state index is 0.0155. The number of carbonyl (C=O) groups is 3. The first kappa shape index (κ1) is 21.8. The highest BCUT2D eigenvalue weighted by atomic mass is 16.4. The predicted octanol–water partition coefficient (Wildman–Crippen LogP) is 2.36. The number of amides is 2. The maximum atomic E-state index is 12.8. The van der Waals surface area contributed by atoms with Crippen LogP contribution in [0.2, 0.25) is 0 Å². The molecule has 0 saturated carbocycles. The summed E-state index contributed by atoms with van der Waals surface area (Å²) in [6, 6.07) is 22.4. The van der Waals surface area contributed by atoms with Crippen molar-refractivity contribution in [3.8, 4) is 0 Å². The Hall–Kier alpha value is -4.39. The highest BCUT2D eigenvalue weighted by Gasteiger charge is 2.15. The maximum Gasteiger partial charge on any atom is 0.267 e. The highest BCUT2D eigenvalue weighted by Crippen LogP contribution is 2.29. The summed E-state index contributed by atoms with van der Waals surface area (Å²) in [4.78, 5) is 36.1. The zero-order valence-electron chi connectivity index (χ0n) is 18.0. The molecule has 0 radical (unpaired) electrons. The molecule has 4 rings (SSSR count). The van der Waals surface area contributed by atoms with Crippen LogP contribution in [0.4, 0.5) is 0 Å². The van der Waals surface area contributed by atoms with Crippen LogP contribution < -0.4 is 15.7 Å². The first-order valence-corrected chi connectivity index (χ1v) is 10.5. The quantitative estimate of drug-likeness (QED) is 0.431. The van der Waals surface area contributed by atoms with Crippen molar-refractivity contribution in [3.63, 3.8) is 0 Å². The monoisotopic (exact) mass is 440 g/mol. The molecule has 7 nitrogen and oxygen atoms in total. The molecule has 0 aliphatic carbocycles. The van der Waals surface area contributed by atoms with E-state index < -0.39 is 17.8 Å². The zero-order valence-corrected chi connectivity index (χ0v) is 18.0. The lowest BCUT2D eigenvalue weighted by Crippen LogP contribution is -2.37. The van der Waals surface area contributed by atoms with E-state index >= 15 is 0 Å². The van der Waals surface area contributed by atoms with Gasteiger partial charge < -0.3 is 25.1 Å². The molecular formula is C26H22N3O4-. The van der Waals surface area contributed by atoms with E-state index in [1.807, 2.05) is 49.5 Å². The fraction of sp³-hybridized carbons (Fsp3) is 0.115. The van der Waals surface area contributed by atoms with Crippen LogP contribution in [-0.4, -0.2) is 28.9 Å². The van der Waals surface area contributed by atoms with Crippen LogP contribution in [0.25, 0.3) is 27.9 Å². The van der Waals surface area contributed by atoms with Gasteiger partial charge >= 0.3 is 0 Å². The number of aryl methyl sites for hydroxylation is 1. The molecule has 2 amide bonds. The maximum absolute atomic E-state index is 12.8. The number of fused-ring (bicyclic) bond motifs is 3. The van der Waals surface area contributed by atoms with E-state index in [2.05, 4.69) is 15.2 Å². The van der Waals surface area contributed by atoms with E-state index in [0.717, 1.165) is 27.4 Å². The summed E-state index contributed by atoms with van der Waals surface area (Å²) in [5, 5.41) is 18.0. The molecule has 4 aromatic rings. The lowest BCUT2D eigenvalue weighted by atomic mass is 10.1. The number of hydrogen-bond acceptors (Lipinski definition) is 4. The molecule has 166 valence electrons. The van der Waals surface area contributed by atoms with Crippen LogP contribution in [-0.2, 0) is 16.6 Å². The highest BCUT2D eigenvalue weighted by molar-refractivity contribution is 6.09. The Kier molecular flexibility index (Phi) is 6.22. The first-order chi connectivity index (χ1) is 15.9.